The minimum Gasteiger partial charge on any atom is -0.313 e. The van der Waals surface area contributed by atoms with Gasteiger partial charge in [0, 0.05) is 6.54 Å². The Morgan fingerprint density at radius 2 is 2.24 bits per heavy atom. The summed E-state index contributed by atoms with van der Waals surface area (Å²) in [6.07, 6.45) is 9.46. The van der Waals surface area contributed by atoms with Gasteiger partial charge >= 0.3 is 0 Å². The van der Waals surface area contributed by atoms with Gasteiger partial charge in [0.05, 0.1) is 0 Å². The van der Waals surface area contributed by atoms with Crippen molar-refractivity contribution in [1.29, 1.82) is 0 Å². The maximum Gasteiger partial charge on any atom is 0.0170 e. The van der Waals surface area contributed by atoms with E-state index < -0.39 is 0 Å². The van der Waals surface area contributed by atoms with Crippen LogP contribution >= 0.6 is 11.3 Å². The molecule has 0 amide bonds. The third-order valence-electron chi connectivity index (χ3n) is 3.60. The van der Waals surface area contributed by atoms with Crippen LogP contribution in [0, 0.1) is 5.92 Å². The van der Waals surface area contributed by atoms with Crippen molar-refractivity contribution in [2.75, 3.05) is 13.1 Å². The highest BCUT2D eigenvalue weighted by atomic mass is 32.1. The van der Waals surface area contributed by atoms with Crippen LogP contribution in [0.2, 0.25) is 0 Å². The second-order valence-corrected chi connectivity index (χ2v) is 5.67. The van der Waals surface area contributed by atoms with Gasteiger partial charge in [0.15, 0.2) is 0 Å². The van der Waals surface area contributed by atoms with E-state index in [4.69, 9.17) is 0 Å². The Kier molecular flexibility index (Phi) is 5.27. The second kappa shape index (κ2) is 6.97. The van der Waals surface area contributed by atoms with Crippen LogP contribution in [0.3, 0.4) is 0 Å². The van der Waals surface area contributed by atoms with Gasteiger partial charge < -0.3 is 5.32 Å². The number of rotatable bonds is 5. The first kappa shape index (κ1) is 12.8. The molecule has 2 rings (SSSR count). The predicted octanol–water partition coefficient (Wildman–Crippen LogP) is 4.32. The summed E-state index contributed by atoms with van der Waals surface area (Å²) >= 11 is 1.79. The molecule has 0 aliphatic heterocycles. The van der Waals surface area contributed by atoms with Crippen molar-refractivity contribution in [3.63, 3.8) is 0 Å². The SMILES string of the molecule is CCNCC(=Cc1ccsc1)C1CCCCC1. The van der Waals surface area contributed by atoms with Gasteiger partial charge in [-0.2, -0.15) is 11.3 Å². The van der Waals surface area contributed by atoms with Crippen molar-refractivity contribution in [3.8, 4) is 0 Å². The third kappa shape index (κ3) is 3.97. The molecule has 1 aromatic heterocycles. The Morgan fingerprint density at radius 3 is 2.88 bits per heavy atom. The molecule has 0 spiro atoms. The average Bonchev–Trinajstić information content (AvgIpc) is 2.88. The molecule has 0 unspecified atom stereocenters. The molecule has 1 aliphatic rings. The zero-order chi connectivity index (χ0) is 11.9. The fourth-order valence-electron chi connectivity index (χ4n) is 2.63. The molecule has 1 saturated carbocycles. The molecular weight excluding hydrogens is 226 g/mol. The Balaban J connectivity index is 2.06. The van der Waals surface area contributed by atoms with Crippen LogP contribution in [0.4, 0.5) is 0 Å². The van der Waals surface area contributed by atoms with Crippen molar-refractivity contribution >= 4 is 17.4 Å². The van der Waals surface area contributed by atoms with E-state index in [2.05, 4.69) is 35.1 Å². The highest BCUT2D eigenvalue weighted by molar-refractivity contribution is 7.08. The van der Waals surface area contributed by atoms with Gasteiger partial charge in [0.25, 0.3) is 0 Å². The molecule has 0 saturated heterocycles. The molecule has 1 aromatic rings. The Labute approximate surface area is 109 Å². The first-order valence-corrected chi connectivity index (χ1v) is 7.78. The van der Waals surface area contributed by atoms with Gasteiger partial charge in [-0.1, -0.05) is 37.8 Å². The molecule has 17 heavy (non-hydrogen) atoms. The van der Waals surface area contributed by atoms with Crippen LogP contribution in [-0.2, 0) is 0 Å². The largest absolute Gasteiger partial charge is 0.313 e. The van der Waals surface area contributed by atoms with E-state index in [1.165, 1.54) is 37.7 Å². The van der Waals surface area contributed by atoms with Crippen molar-refractivity contribution < 1.29 is 0 Å². The van der Waals surface area contributed by atoms with E-state index >= 15 is 0 Å². The molecule has 1 nitrogen and oxygen atoms in total. The zero-order valence-electron chi connectivity index (χ0n) is 10.7. The van der Waals surface area contributed by atoms with Crippen LogP contribution in [0.1, 0.15) is 44.6 Å². The van der Waals surface area contributed by atoms with Crippen LogP contribution in [0.5, 0.6) is 0 Å². The quantitative estimate of drug-likeness (QED) is 0.819. The Hall–Kier alpha value is -0.600. The molecule has 2 heteroatoms. The van der Waals surface area contributed by atoms with Crippen molar-refractivity contribution in [1.82, 2.24) is 5.32 Å². The molecule has 0 atom stereocenters. The lowest BCUT2D eigenvalue weighted by Gasteiger charge is -2.25. The fourth-order valence-corrected chi connectivity index (χ4v) is 3.25. The highest BCUT2D eigenvalue weighted by Gasteiger charge is 2.17. The summed E-state index contributed by atoms with van der Waals surface area (Å²) < 4.78 is 0. The number of nitrogens with one attached hydrogen (secondary N) is 1. The van der Waals surface area contributed by atoms with Gasteiger partial charge in [0.1, 0.15) is 0 Å². The van der Waals surface area contributed by atoms with Crippen LogP contribution < -0.4 is 5.32 Å². The van der Waals surface area contributed by atoms with Gasteiger partial charge in [-0.3, -0.25) is 0 Å². The third-order valence-corrected chi connectivity index (χ3v) is 4.31. The molecule has 1 heterocycles. The molecule has 1 fully saturated rings. The minimum atomic E-state index is 0.822. The first-order chi connectivity index (χ1) is 8.40. The van der Waals surface area contributed by atoms with E-state index in [0.717, 1.165) is 19.0 Å². The van der Waals surface area contributed by atoms with E-state index in [9.17, 15) is 0 Å². The van der Waals surface area contributed by atoms with Gasteiger partial charge in [-0.25, -0.2) is 0 Å². The van der Waals surface area contributed by atoms with E-state index in [1.54, 1.807) is 16.9 Å². The van der Waals surface area contributed by atoms with Crippen molar-refractivity contribution in [3.05, 3.63) is 28.0 Å². The molecule has 0 aromatic carbocycles. The fraction of sp³-hybridized carbons (Fsp3) is 0.600. The lowest BCUT2D eigenvalue weighted by atomic mass is 9.83. The van der Waals surface area contributed by atoms with E-state index in [1.807, 2.05) is 0 Å². The molecule has 0 radical (unpaired) electrons. The second-order valence-electron chi connectivity index (χ2n) is 4.89. The predicted molar refractivity (Wildman–Crippen MR) is 77.4 cm³/mol. The average molecular weight is 249 g/mol. The van der Waals surface area contributed by atoms with E-state index in [-0.39, 0.29) is 0 Å². The summed E-state index contributed by atoms with van der Waals surface area (Å²) in [6, 6.07) is 2.22. The molecule has 0 bridgehead atoms. The Morgan fingerprint density at radius 1 is 1.41 bits per heavy atom. The van der Waals surface area contributed by atoms with Crippen molar-refractivity contribution in [2.24, 2.45) is 5.92 Å². The Bertz CT molecular complexity index is 334. The number of hydrogen-bond acceptors (Lipinski definition) is 2. The lowest BCUT2D eigenvalue weighted by Crippen LogP contribution is -2.21. The van der Waals surface area contributed by atoms with E-state index in [0.29, 0.717) is 0 Å². The topological polar surface area (TPSA) is 12.0 Å². The van der Waals surface area contributed by atoms with Gasteiger partial charge in [0.2, 0.25) is 0 Å². The zero-order valence-corrected chi connectivity index (χ0v) is 11.6. The minimum absolute atomic E-state index is 0.822. The number of thiophene rings is 1. The van der Waals surface area contributed by atoms with Crippen molar-refractivity contribution in [2.45, 2.75) is 39.0 Å². The highest BCUT2D eigenvalue weighted by Crippen LogP contribution is 2.30. The standard InChI is InChI=1S/C15H23NS/c1-2-16-11-15(10-13-8-9-17-12-13)14-6-4-3-5-7-14/h8-10,12,14,16H,2-7,11H2,1H3. The van der Waals surface area contributed by atoms with Gasteiger partial charge in [-0.15, -0.1) is 0 Å². The molecule has 1 N–H and O–H groups in total. The summed E-state index contributed by atoms with van der Waals surface area (Å²) in [5, 5.41) is 7.90. The maximum absolute atomic E-state index is 3.49. The smallest absolute Gasteiger partial charge is 0.0170 e. The summed E-state index contributed by atoms with van der Waals surface area (Å²) in [6.45, 7) is 4.31. The molecular formula is C15H23NS. The summed E-state index contributed by atoms with van der Waals surface area (Å²) in [4.78, 5) is 0. The maximum atomic E-state index is 3.49. The summed E-state index contributed by atoms with van der Waals surface area (Å²) in [5.74, 6) is 0.822. The van der Waals surface area contributed by atoms with Crippen LogP contribution in [0.15, 0.2) is 22.4 Å². The first-order valence-electron chi connectivity index (χ1n) is 6.83. The summed E-state index contributed by atoms with van der Waals surface area (Å²) in [7, 11) is 0. The lowest BCUT2D eigenvalue weighted by molar-refractivity contribution is 0.397. The molecule has 1 aliphatic carbocycles. The number of likely N-dealkylation sites (N-methyl/N-ethyl adjacent to an activating group) is 1. The van der Waals surface area contributed by atoms with Crippen LogP contribution in [0.25, 0.3) is 6.08 Å². The van der Waals surface area contributed by atoms with Crippen LogP contribution in [-0.4, -0.2) is 13.1 Å². The number of hydrogen-bond donors (Lipinski definition) is 1. The molecule has 94 valence electrons. The summed E-state index contributed by atoms with van der Waals surface area (Å²) in [5.41, 5.74) is 3.00. The monoisotopic (exact) mass is 249 g/mol. The normalized spacial score (nSPS) is 18.5. The van der Waals surface area contributed by atoms with Gasteiger partial charge in [-0.05, 0) is 47.7 Å².